The molecule has 1 atom stereocenters. The number of nitrogens with zero attached hydrogens (tertiary/aromatic N) is 4. The van der Waals surface area contributed by atoms with E-state index in [1.807, 2.05) is 0 Å². The number of carboxylic acids is 1. The highest BCUT2D eigenvalue weighted by molar-refractivity contribution is 7.13. The number of halogens is 2. The van der Waals surface area contributed by atoms with Gasteiger partial charge in [-0.1, -0.05) is 17.3 Å². The predicted octanol–water partition coefficient (Wildman–Crippen LogP) is 3.20. The molecule has 254 valence electrons. The van der Waals surface area contributed by atoms with Crippen molar-refractivity contribution in [1.82, 2.24) is 14.8 Å². The summed E-state index contributed by atoms with van der Waals surface area (Å²) in [4.78, 5) is 47.0. The minimum atomic E-state index is -4.12. The van der Waals surface area contributed by atoms with Gasteiger partial charge in [-0.15, -0.1) is 11.3 Å². The molecule has 0 unspecified atom stereocenters. The van der Waals surface area contributed by atoms with Gasteiger partial charge >= 0.3 is 20.1 Å². The van der Waals surface area contributed by atoms with Crippen LogP contribution >= 0.6 is 11.3 Å². The van der Waals surface area contributed by atoms with Crippen LogP contribution in [0.1, 0.15) is 57.8 Å². The second-order valence-corrected chi connectivity index (χ2v) is 12.9. The summed E-state index contributed by atoms with van der Waals surface area (Å²) in [6.07, 6.45) is 4.97. The lowest BCUT2D eigenvalue weighted by Crippen LogP contribution is -2.50. The number of carbonyl (C=O) groups is 3. The number of amides is 1. The minimum Gasteiger partial charge on any atom is -0.535 e. The van der Waals surface area contributed by atoms with Gasteiger partial charge in [0.15, 0.2) is 22.3 Å². The zero-order valence-corrected chi connectivity index (χ0v) is 27.4. The zero-order valence-electron chi connectivity index (χ0n) is 26.6. The number of benzene rings is 1. The number of para-hydroxylation sites is 1. The third-order valence-electron chi connectivity index (χ3n) is 8.62. The Kier molecular flexibility index (Phi) is 9.26. The van der Waals surface area contributed by atoms with Crippen LogP contribution in [0.2, 0.25) is 5.82 Å². The fourth-order valence-electron chi connectivity index (χ4n) is 6.37. The molecule has 0 bridgehead atoms. The number of aromatic nitrogens is 2. The van der Waals surface area contributed by atoms with Gasteiger partial charge in [-0.25, -0.2) is 9.78 Å². The molecule has 0 aliphatic carbocycles. The molecule has 18 heteroatoms. The number of Topliss-reactive ketones (excluding diaryl/α,β-unsaturated/α-hetero) is 1. The van der Waals surface area contributed by atoms with E-state index in [1.165, 1.54) is 11.4 Å². The highest BCUT2D eigenvalue weighted by Crippen LogP contribution is 2.37. The summed E-state index contributed by atoms with van der Waals surface area (Å²) < 4.78 is 38.8. The van der Waals surface area contributed by atoms with Crippen molar-refractivity contribution < 1.29 is 47.1 Å². The third kappa shape index (κ3) is 6.65. The minimum absolute atomic E-state index is 0.0201. The number of nitrogens with one attached hydrogen (secondary N) is 1. The molecule has 3 aromatic rings. The first-order chi connectivity index (χ1) is 23.3. The summed E-state index contributed by atoms with van der Waals surface area (Å²) in [5, 5.41) is 28.4. The number of hydrogen-bond acceptors (Lipinski definition) is 10. The molecule has 3 aliphatic rings. The van der Waals surface area contributed by atoms with Gasteiger partial charge in [0.25, 0.3) is 0 Å². The van der Waals surface area contributed by atoms with Crippen LogP contribution in [-0.4, -0.2) is 80.4 Å². The van der Waals surface area contributed by atoms with Crippen LogP contribution in [0.5, 0.6) is 5.75 Å². The van der Waals surface area contributed by atoms with Crippen LogP contribution in [0.4, 0.5) is 13.8 Å². The van der Waals surface area contributed by atoms with E-state index >= 15 is 8.63 Å². The van der Waals surface area contributed by atoms with Crippen molar-refractivity contribution in [2.24, 2.45) is 5.16 Å². The maximum absolute atomic E-state index is 15.6. The fraction of sp³-hybridized carbons (Fsp3) is 0.290. The Hall–Kier alpha value is -5.09. The standard InChI is InChI=1S/C31H32B2F2N6O7S/c1-17-12-18(2)40-25(17)15-22-7-6-21(41(22)33(40,34)35)8-9-27(43)37-10-11-47-39-28(24-16-49-31(36)38-24)26(42)14-20-13-19-4-3-5-23(30(44)45)29(19)48-32(20)46/h3-7,12,15-16,20,46H,8-11,13-14H2,1-2H3,(H2,36,38)(H,37,43)(H,44,45)/t20-/m1/s1. The van der Waals surface area contributed by atoms with Gasteiger partial charge in [-0.2, -0.15) is 0 Å². The van der Waals surface area contributed by atoms with E-state index in [9.17, 15) is 24.5 Å². The molecule has 3 aliphatic heterocycles. The second-order valence-electron chi connectivity index (χ2n) is 12.0. The largest absolute Gasteiger partial charge is 0.737 e. The summed E-state index contributed by atoms with van der Waals surface area (Å²) in [6.45, 7) is -0.772. The fourth-order valence-corrected chi connectivity index (χ4v) is 6.92. The summed E-state index contributed by atoms with van der Waals surface area (Å²) in [7, 11) is -1.45. The van der Waals surface area contributed by atoms with Crippen molar-refractivity contribution in [3.63, 3.8) is 0 Å². The average Bonchev–Trinajstić information content (AvgIpc) is 3.74. The highest BCUT2D eigenvalue weighted by atomic mass is 32.1. The Morgan fingerprint density at radius 2 is 2.10 bits per heavy atom. The first-order valence-electron chi connectivity index (χ1n) is 15.5. The Labute approximate surface area is 283 Å². The van der Waals surface area contributed by atoms with E-state index in [4.69, 9.17) is 15.2 Å². The molecular weight excluding hydrogens is 660 g/mol. The number of carboxylic acid groups (broad SMARTS) is 1. The quantitative estimate of drug-likeness (QED) is 0.0960. The van der Waals surface area contributed by atoms with Crippen molar-refractivity contribution in [2.75, 3.05) is 18.9 Å². The lowest BCUT2D eigenvalue weighted by atomic mass is 9.64. The number of ketones is 1. The lowest BCUT2D eigenvalue weighted by Gasteiger charge is -2.30. The molecule has 49 heavy (non-hydrogen) atoms. The van der Waals surface area contributed by atoms with Crippen LogP contribution < -0.4 is 15.7 Å². The van der Waals surface area contributed by atoms with Gasteiger partial charge < -0.3 is 48.3 Å². The van der Waals surface area contributed by atoms with E-state index in [0.29, 0.717) is 28.4 Å². The number of carbonyl (C=O) groups excluding carboxylic acids is 2. The first kappa shape index (κ1) is 33.8. The monoisotopic (exact) mass is 692 g/mol. The van der Waals surface area contributed by atoms with Crippen LogP contribution in [0.15, 0.2) is 52.7 Å². The van der Waals surface area contributed by atoms with Crippen molar-refractivity contribution in [3.8, 4) is 5.75 Å². The number of nitrogens with two attached hydrogens (primary N) is 1. The van der Waals surface area contributed by atoms with Crippen molar-refractivity contribution >= 4 is 65.7 Å². The predicted molar refractivity (Wildman–Crippen MR) is 180 cm³/mol. The number of oxime groups is 1. The number of rotatable bonds is 12. The maximum atomic E-state index is 15.6. The Balaban J connectivity index is 1.04. The normalized spacial score (nSPS) is 17.6. The second kappa shape index (κ2) is 13.4. The van der Waals surface area contributed by atoms with Gasteiger partial charge in [0.2, 0.25) is 5.91 Å². The number of aromatic carboxylic acids is 1. The van der Waals surface area contributed by atoms with Gasteiger partial charge in [-0.05, 0) is 49.2 Å². The van der Waals surface area contributed by atoms with Gasteiger partial charge in [0.05, 0.1) is 12.1 Å². The molecule has 0 fully saturated rings. The molecule has 2 aromatic heterocycles. The van der Waals surface area contributed by atoms with E-state index in [2.05, 4.69) is 15.5 Å². The summed E-state index contributed by atoms with van der Waals surface area (Å²) >= 11 is 1.09. The van der Waals surface area contributed by atoms with Crippen molar-refractivity contribution in [3.05, 3.63) is 81.3 Å². The van der Waals surface area contributed by atoms with E-state index < -0.39 is 31.7 Å². The molecule has 13 nitrogen and oxygen atoms in total. The van der Waals surface area contributed by atoms with Gasteiger partial charge in [0, 0.05) is 54.4 Å². The summed E-state index contributed by atoms with van der Waals surface area (Å²) in [6, 6.07) is 6.32. The lowest BCUT2D eigenvalue weighted by molar-refractivity contribution is -0.362. The number of hydrogen-bond donors (Lipinski definition) is 4. The molecule has 0 saturated carbocycles. The highest BCUT2D eigenvalue weighted by Gasteiger charge is 2.52. The molecule has 6 rings (SSSR count). The van der Waals surface area contributed by atoms with Gasteiger partial charge in [-0.3, -0.25) is 9.59 Å². The SMILES string of the molecule is Cc1cc(C)n2c1C=C1C=CC(CCC(=O)NCCON=C(C(=O)C[C@H]3Cc4cccc(C(=O)O)c4OB3O)c3csc(N)n3)=[N+]1[B-]2(F)F. The molecule has 1 aromatic carbocycles. The summed E-state index contributed by atoms with van der Waals surface area (Å²) in [5.74, 6) is -2.76. The first-order valence-corrected chi connectivity index (χ1v) is 16.4. The Morgan fingerprint density at radius 3 is 2.84 bits per heavy atom. The maximum Gasteiger partial charge on any atom is 0.737 e. The van der Waals surface area contributed by atoms with E-state index in [-0.39, 0.29) is 72.6 Å². The van der Waals surface area contributed by atoms with Crippen LogP contribution in [0.25, 0.3) is 6.08 Å². The molecule has 0 radical (unpaired) electrons. The molecule has 0 spiro atoms. The summed E-state index contributed by atoms with van der Waals surface area (Å²) in [5.41, 5.74) is 8.67. The van der Waals surface area contributed by atoms with Gasteiger partial charge in [0.1, 0.15) is 23.8 Å². The topological polar surface area (TPSA) is 181 Å². The zero-order chi connectivity index (χ0) is 35.0. The van der Waals surface area contributed by atoms with Crippen LogP contribution in [0.3, 0.4) is 0 Å². The number of thiazole rings is 1. The molecular formula is C31H32B2F2N6O7S. The Morgan fingerprint density at radius 1 is 1.31 bits per heavy atom. The number of nitrogen functional groups attached to an aromatic ring is 1. The number of aryl methyl sites for hydroxylation is 2. The molecule has 0 saturated heterocycles. The van der Waals surface area contributed by atoms with Crippen molar-refractivity contribution in [2.45, 2.75) is 45.3 Å². The average molecular weight is 692 g/mol. The van der Waals surface area contributed by atoms with E-state index in [1.54, 1.807) is 50.3 Å². The third-order valence-corrected chi connectivity index (χ3v) is 9.29. The number of allylic oxidation sites excluding steroid dienone is 2. The van der Waals surface area contributed by atoms with Crippen LogP contribution in [-0.2, 0) is 20.8 Å². The van der Waals surface area contributed by atoms with Crippen molar-refractivity contribution in [1.29, 1.82) is 0 Å². The molecule has 1 amide bonds. The number of fused-ring (bicyclic) bond motifs is 3. The smallest absolute Gasteiger partial charge is 0.535 e. The van der Waals surface area contributed by atoms with E-state index in [0.717, 1.165) is 25.9 Å². The molecule has 5 heterocycles. The Bertz CT molecular complexity index is 1990. The number of anilines is 1. The molecule has 5 N–H and O–H groups in total. The van der Waals surface area contributed by atoms with Crippen LogP contribution in [0, 0.1) is 13.8 Å².